The van der Waals surface area contributed by atoms with Gasteiger partial charge >= 0.3 is 0 Å². The van der Waals surface area contributed by atoms with Gasteiger partial charge in [-0.05, 0) is 24.8 Å². The van der Waals surface area contributed by atoms with Crippen LogP contribution in [-0.2, 0) is 4.74 Å². The largest absolute Gasteiger partial charge is 0.381 e. The summed E-state index contributed by atoms with van der Waals surface area (Å²) in [7, 11) is 0. The molecule has 2 fully saturated rings. The van der Waals surface area contributed by atoms with Gasteiger partial charge in [-0.3, -0.25) is 5.41 Å². The van der Waals surface area contributed by atoms with Crippen molar-refractivity contribution in [2.45, 2.75) is 18.9 Å². The molecule has 2 rings (SSSR count). The number of rotatable bonds is 2. The fourth-order valence-corrected chi connectivity index (χ4v) is 1.83. The molecular weight excluding hydrogens is 200 g/mol. The summed E-state index contributed by atoms with van der Waals surface area (Å²) in [5.41, 5.74) is 0.903. The lowest BCUT2D eigenvalue weighted by Crippen LogP contribution is -2.41. The Labute approximate surface area is 87.4 Å². The van der Waals surface area contributed by atoms with Gasteiger partial charge in [0.2, 0.25) is 0 Å². The minimum atomic E-state index is 0.146. The van der Waals surface area contributed by atoms with Crippen LogP contribution in [0.15, 0.2) is 11.8 Å². The van der Waals surface area contributed by atoms with Gasteiger partial charge in [-0.1, -0.05) is 0 Å². The molecular formula is C9H14N2O2S. The molecule has 0 radical (unpaired) electrons. The predicted octanol–water partition coefficient (Wildman–Crippen LogP) is 1.45. The quantitative estimate of drug-likeness (QED) is 0.370. The standard InChI is InChI=1S/C9H14N2O2S/c10-9(14-12)3-7-4-13-5-8(11-7)6-1-2-6/h3,6,8,10-12H,1-2,4-5H2/b7-3-,10-9?. The van der Waals surface area contributed by atoms with Crippen LogP contribution in [0, 0.1) is 11.3 Å². The Morgan fingerprint density at radius 3 is 3.07 bits per heavy atom. The minimum absolute atomic E-state index is 0.146. The van der Waals surface area contributed by atoms with E-state index in [9.17, 15) is 0 Å². The summed E-state index contributed by atoms with van der Waals surface area (Å²) in [4.78, 5) is 0. The predicted molar refractivity (Wildman–Crippen MR) is 56.5 cm³/mol. The highest BCUT2D eigenvalue weighted by Crippen LogP contribution is 2.34. The van der Waals surface area contributed by atoms with Crippen molar-refractivity contribution < 1.29 is 9.29 Å². The van der Waals surface area contributed by atoms with Gasteiger partial charge in [0.25, 0.3) is 0 Å². The smallest absolute Gasteiger partial charge is 0.116 e. The van der Waals surface area contributed by atoms with Crippen molar-refractivity contribution in [3.8, 4) is 0 Å². The van der Waals surface area contributed by atoms with E-state index in [0.717, 1.165) is 18.2 Å². The topological polar surface area (TPSA) is 65.3 Å². The SMILES string of the molecule is N=C(/C=C1/COCC(C2CC2)N1)SO. The van der Waals surface area contributed by atoms with Gasteiger partial charge < -0.3 is 14.6 Å². The van der Waals surface area contributed by atoms with Gasteiger partial charge in [-0.2, -0.15) is 0 Å². The first-order valence-corrected chi connectivity index (χ1v) is 5.52. The number of morpholine rings is 1. The zero-order valence-corrected chi connectivity index (χ0v) is 8.64. The first-order chi connectivity index (χ1) is 6.79. The molecule has 78 valence electrons. The summed E-state index contributed by atoms with van der Waals surface area (Å²) >= 11 is 0.455. The van der Waals surface area contributed by atoms with E-state index in [2.05, 4.69) is 5.32 Å². The highest BCUT2D eigenvalue weighted by Gasteiger charge is 2.33. The fraction of sp³-hybridized carbons (Fsp3) is 0.667. The molecule has 14 heavy (non-hydrogen) atoms. The van der Waals surface area contributed by atoms with E-state index >= 15 is 0 Å². The van der Waals surface area contributed by atoms with Gasteiger partial charge in [0.1, 0.15) is 5.04 Å². The Morgan fingerprint density at radius 1 is 1.64 bits per heavy atom. The molecule has 0 spiro atoms. The second kappa shape index (κ2) is 4.33. The van der Waals surface area contributed by atoms with Gasteiger partial charge in [0.05, 0.1) is 19.3 Å². The Hall–Kier alpha value is -0.520. The van der Waals surface area contributed by atoms with E-state index in [1.807, 2.05) is 0 Å². The van der Waals surface area contributed by atoms with Crippen LogP contribution in [0.4, 0.5) is 0 Å². The minimum Gasteiger partial charge on any atom is -0.381 e. The maximum absolute atomic E-state index is 8.63. The normalized spacial score (nSPS) is 30.1. The number of nitrogens with one attached hydrogen (secondary N) is 2. The molecule has 0 aromatic heterocycles. The van der Waals surface area contributed by atoms with Gasteiger partial charge in [-0.25, -0.2) is 0 Å². The van der Waals surface area contributed by atoms with E-state index < -0.39 is 0 Å². The monoisotopic (exact) mass is 214 g/mol. The second-order valence-electron chi connectivity index (χ2n) is 3.73. The summed E-state index contributed by atoms with van der Waals surface area (Å²) in [6.45, 7) is 1.29. The number of hydrogen-bond acceptors (Lipinski definition) is 5. The van der Waals surface area contributed by atoms with Crippen molar-refractivity contribution in [3.63, 3.8) is 0 Å². The molecule has 1 aliphatic heterocycles. The zero-order chi connectivity index (χ0) is 9.97. The summed E-state index contributed by atoms with van der Waals surface area (Å²) in [6, 6.07) is 0.409. The molecule has 1 saturated carbocycles. The van der Waals surface area contributed by atoms with Crippen molar-refractivity contribution in [2.75, 3.05) is 13.2 Å². The maximum atomic E-state index is 8.63. The first kappa shape index (κ1) is 10.0. The molecule has 1 atom stereocenters. The molecule has 0 amide bonds. The third-order valence-electron chi connectivity index (χ3n) is 2.52. The van der Waals surface area contributed by atoms with Crippen LogP contribution in [0.1, 0.15) is 12.8 Å². The Kier molecular flexibility index (Phi) is 3.10. The molecule has 1 unspecified atom stereocenters. The van der Waals surface area contributed by atoms with Crippen LogP contribution >= 0.6 is 12.0 Å². The fourth-order valence-electron chi connectivity index (χ4n) is 1.64. The lowest BCUT2D eigenvalue weighted by molar-refractivity contribution is 0.0932. The molecule has 5 heteroatoms. The number of ether oxygens (including phenoxy) is 1. The third-order valence-corrected chi connectivity index (χ3v) is 2.84. The van der Waals surface area contributed by atoms with Gasteiger partial charge in [0, 0.05) is 17.7 Å². The van der Waals surface area contributed by atoms with E-state index in [1.165, 1.54) is 12.8 Å². The highest BCUT2D eigenvalue weighted by molar-refractivity contribution is 8.09. The van der Waals surface area contributed by atoms with Crippen molar-refractivity contribution in [1.82, 2.24) is 5.32 Å². The van der Waals surface area contributed by atoms with E-state index in [0.29, 0.717) is 24.7 Å². The van der Waals surface area contributed by atoms with Crippen LogP contribution in [0.5, 0.6) is 0 Å². The molecule has 0 aromatic rings. The lowest BCUT2D eigenvalue weighted by atomic mass is 10.1. The summed E-state index contributed by atoms with van der Waals surface area (Å²) in [6.07, 6.45) is 4.18. The Balaban J connectivity index is 1.92. The van der Waals surface area contributed by atoms with E-state index in [1.54, 1.807) is 6.08 Å². The van der Waals surface area contributed by atoms with E-state index in [-0.39, 0.29) is 5.04 Å². The molecule has 1 heterocycles. The number of hydrogen-bond donors (Lipinski definition) is 3. The summed E-state index contributed by atoms with van der Waals surface area (Å²) < 4.78 is 14.1. The maximum Gasteiger partial charge on any atom is 0.116 e. The molecule has 3 N–H and O–H groups in total. The highest BCUT2D eigenvalue weighted by atomic mass is 32.2. The molecule has 1 saturated heterocycles. The molecule has 0 aromatic carbocycles. The van der Waals surface area contributed by atoms with Crippen molar-refractivity contribution in [1.29, 1.82) is 5.41 Å². The zero-order valence-electron chi connectivity index (χ0n) is 7.82. The van der Waals surface area contributed by atoms with Crippen molar-refractivity contribution in [3.05, 3.63) is 11.8 Å². The van der Waals surface area contributed by atoms with Crippen molar-refractivity contribution >= 4 is 17.1 Å². The molecule has 2 aliphatic rings. The van der Waals surface area contributed by atoms with Gasteiger partial charge in [-0.15, -0.1) is 0 Å². The average molecular weight is 214 g/mol. The first-order valence-electron chi connectivity index (χ1n) is 4.74. The van der Waals surface area contributed by atoms with Crippen LogP contribution in [-0.4, -0.2) is 28.9 Å². The summed E-state index contributed by atoms with van der Waals surface area (Å²) in [5.74, 6) is 0.745. The molecule has 4 nitrogen and oxygen atoms in total. The lowest BCUT2D eigenvalue weighted by Gasteiger charge is -2.27. The van der Waals surface area contributed by atoms with Crippen LogP contribution in [0.2, 0.25) is 0 Å². The average Bonchev–Trinajstić information content (AvgIpc) is 3.01. The van der Waals surface area contributed by atoms with Gasteiger partial charge in [0.15, 0.2) is 0 Å². The Morgan fingerprint density at radius 2 is 2.43 bits per heavy atom. The second-order valence-corrected chi connectivity index (χ2v) is 4.35. The summed E-state index contributed by atoms with van der Waals surface area (Å²) in [5, 5.41) is 10.8. The Bertz CT molecular complexity index is 264. The van der Waals surface area contributed by atoms with Crippen LogP contribution in [0.3, 0.4) is 0 Å². The third kappa shape index (κ3) is 2.50. The van der Waals surface area contributed by atoms with Crippen molar-refractivity contribution in [2.24, 2.45) is 5.92 Å². The van der Waals surface area contributed by atoms with Crippen LogP contribution in [0.25, 0.3) is 0 Å². The molecule has 1 aliphatic carbocycles. The molecule has 0 bridgehead atoms. The van der Waals surface area contributed by atoms with Crippen LogP contribution < -0.4 is 5.32 Å². The van der Waals surface area contributed by atoms with E-state index in [4.69, 9.17) is 14.7 Å².